The highest BCUT2D eigenvalue weighted by atomic mass is 19.1. The lowest BCUT2D eigenvalue weighted by atomic mass is 9.95. The van der Waals surface area contributed by atoms with Crippen LogP contribution < -0.4 is 4.90 Å². The molecule has 1 amide bonds. The molecule has 0 saturated carbocycles. The summed E-state index contributed by atoms with van der Waals surface area (Å²) in [5, 5.41) is 10.4. The number of carbonyl (C=O) groups excluding carboxylic acids is 2. The fraction of sp³-hybridized carbons (Fsp3) is 0.0476. The Morgan fingerprint density at radius 2 is 1.69 bits per heavy atom. The zero-order chi connectivity index (χ0) is 20.7. The molecule has 1 unspecified atom stereocenters. The van der Waals surface area contributed by atoms with Crippen LogP contribution in [0.25, 0.3) is 0 Å². The predicted octanol–water partition coefficient (Wildman–Crippen LogP) is 4.48. The molecule has 0 spiro atoms. The maximum absolute atomic E-state index is 14.5. The van der Waals surface area contributed by atoms with Crippen LogP contribution in [0.3, 0.4) is 0 Å². The van der Waals surface area contributed by atoms with Crippen LogP contribution >= 0.6 is 0 Å². The van der Waals surface area contributed by atoms with E-state index in [1.807, 2.05) is 0 Å². The topological polar surface area (TPSA) is 70.8 Å². The first-order valence-electron chi connectivity index (χ1n) is 8.44. The van der Waals surface area contributed by atoms with Crippen LogP contribution in [0.1, 0.15) is 22.2 Å². The van der Waals surface area contributed by atoms with Crippen LogP contribution in [-0.4, -0.2) is 16.8 Å². The van der Waals surface area contributed by atoms with Crippen molar-refractivity contribution < 1.29 is 32.3 Å². The summed E-state index contributed by atoms with van der Waals surface area (Å²) in [5.41, 5.74) is -0.652. The standard InChI is InChI=1S/C21H12F3NO4/c22-12-5-3-11(4-6-12)18-17(19(26)16-2-1-9-29-16)20(27)21(28)25(18)15-10-13(23)7-8-14(15)24/h1-10,18,27H. The molecule has 1 aliphatic rings. The molecule has 0 saturated heterocycles. The molecule has 29 heavy (non-hydrogen) atoms. The summed E-state index contributed by atoms with van der Waals surface area (Å²) in [5.74, 6) is -5.33. The number of nitrogens with zero attached hydrogens (tertiary/aromatic N) is 1. The first kappa shape index (κ1) is 18.5. The van der Waals surface area contributed by atoms with Crippen molar-refractivity contribution in [3.05, 3.63) is 101 Å². The van der Waals surface area contributed by atoms with Crippen molar-refractivity contribution >= 4 is 17.4 Å². The number of carbonyl (C=O) groups is 2. The van der Waals surface area contributed by atoms with Gasteiger partial charge >= 0.3 is 0 Å². The minimum atomic E-state index is -1.32. The monoisotopic (exact) mass is 399 g/mol. The van der Waals surface area contributed by atoms with E-state index in [-0.39, 0.29) is 16.9 Å². The zero-order valence-corrected chi connectivity index (χ0v) is 14.6. The van der Waals surface area contributed by atoms with Crippen LogP contribution in [0.2, 0.25) is 0 Å². The van der Waals surface area contributed by atoms with Crippen LogP contribution in [0.15, 0.2) is 76.6 Å². The number of amides is 1. The summed E-state index contributed by atoms with van der Waals surface area (Å²) in [6, 6.07) is 8.66. The lowest BCUT2D eigenvalue weighted by molar-refractivity contribution is -0.117. The number of aliphatic hydroxyl groups is 1. The third kappa shape index (κ3) is 3.08. The van der Waals surface area contributed by atoms with E-state index in [1.165, 1.54) is 30.5 Å². The van der Waals surface area contributed by atoms with Crippen molar-refractivity contribution in [3.8, 4) is 0 Å². The number of benzene rings is 2. The van der Waals surface area contributed by atoms with E-state index in [9.17, 15) is 27.9 Å². The minimum Gasteiger partial charge on any atom is -0.503 e. The van der Waals surface area contributed by atoms with E-state index in [0.29, 0.717) is 0 Å². The Bertz CT molecular complexity index is 1140. The third-order valence-corrected chi connectivity index (χ3v) is 4.55. The summed E-state index contributed by atoms with van der Waals surface area (Å²) < 4.78 is 46.7. The molecule has 4 rings (SSSR count). The van der Waals surface area contributed by atoms with Crippen molar-refractivity contribution in [2.24, 2.45) is 0 Å². The molecule has 1 N–H and O–H groups in total. The average Bonchev–Trinajstić information content (AvgIpc) is 3.32. The number of aliphatic hydroxyl groups excluding tert-OH is 1. The summed E-state index contributed by atoms with van der Waals surface area (Å²) in [6.07, 6.45) is 1.23. The lowest BCUT2D eigenvalue weighted by Gasteiger charge is -2.27. The number of anilines is 1. The van der Waals surface area contributed by atoms with Crippen LogP contribution in [-0.2, 0) is 4.79 Å². The van der Waals surface area contributed by atoms with E-state index >= 15 is 0 Å². The molecule has 2 heterocycles. The molecular formula is C21H12F3NO4. The van der Waals surface area contributed by atoms with Crippen molar-refractivity contribution in [1.82, 2.24) is 0 Å². The predicted molar refractivity (Wildman–Crippen MR) is 95.7 cm³/mol. The van der Waals surface area contributed by atoms with E-state index in [1.54, 1.807) is 0 Å². The highest BCUT2D eigenvalue weighted by molar-refractivity contribution is 6.20. The number of hydrogen-bond acceptors (Lipinski definition) is 4. The van der Waals surface area contributed by atoms with Gasteiger partial charge in [0.25, 0.3) is 5.91 Å². The molecule has 146 valence electrons. The second kappa shape index (κ2) is 6.97. The van der Waals surface area contributed by atoms with Gasteiger partial charge in [-0.15, -0.1) is 0 Å². The van der Waals surface area contributed by atoms with Gasteiger partial charge < -0.3 is 9.52 Å². The Labute approximate surface area is 162 Å². The van der Waals surface area contributed by atoms with Crippen LogP contribution in [0.5, 0.6) is 0 Å². The van der Waals surface area contributed by atoms with Gasteiger partial charge in [0.2, 0.25) is 5.78 Å². The molecule has 3 aromatic rings. The zero-order valence-electron chi connectivity index (χ0n) is 14.6. The highest BCUT2D eigenvalue weighted by Crippen LogP contribution is 2.42. The fourth-order valence-corrected chi connectivity index (χ4v) is 3.26. The quantitative estimate of drug-likeness (QED) is 0.657. The first-order chi connectivity index (χ1) is 13.9. The van der Waals surface area contributed by atoms with Gasteiger partial charge in [0.05, 0.1) is 23.6 Å². The van der Waals surface area contributed by atoms with E-state index < -0.39 is 46.6 Å². The number of furan rings is 1. The average molecular weight is 399 g/mol. The summed E-state index contributed by atoms with van der Waals surface area (Å²) in [7, 11) is 0. The Balaban J connectivity index is 1.92. The Morgan fingerprint density at radius 1 is 1.00 bits per heavy atom. The summed E-state index contributed by atoms with van der Waals surface area (Å²) >= 11 is 0. The van der Waals surface area contributed by atoms with Gasteiger partial charge in [0, 0.05) is 6.07 Å². The van der Waals surface area contributed by atoms with E-state index in [4.69, 9.17) is 4.42 Å². The van der Waals surface area contributed by atoms with E-state index in [0.717, 1.165) is 35.2 Å². The normalized spacial score (nSPS) is 16.6. The van der Waals surface area contributed by atoms with Crippen LogP contribution in [0.4, 0.5) is 18.9 Å². The van der Waals surface area contributed by atoms with Gasteiger partial charge in [-0.25, -0.2) is 13.2 Å². The Kier molecular flexibility index (Phi) is 4.46. The Morgan fingerprint density at radius 3 is 2.34 bits per heavy atom. The van der Waals surface area contributed by atoms with Crippen molar-refractivity contribution in [3.63, 3.8) is 0 Å². The second-order valence-electron chi connectivity index (χ2n) is 6.29. The van der Waals surface area contributed by atoms with Crippen molar-refractivity contribution in [2.75, 3.05) is 4.90 Å². The smallest absolute Gasteiger partial charge is 0.294 e. The largest absolute Gasteiger partial charge is 0.503 e. The molecular weight excluding hydrogens is 387 g/mol. The molecule has 0 bridgehead atoms. The van der Waals surface area contributed by atoms with Gasteiger partial charge in [-0.05, 0) is 42.0 Å². The van der Waals surface area contributed by atoms with E-state index in [2.05, 4.69) is 0 Å². The van der Waals surface area contributed by atoms with Crippen LogP contribution in [0, 0.1) is 17.5 Å². The molecule has 1 atom stereocenters. The molecule has 0 aliphatic carbocycles. The van der Waals surface area contributed by atoms with Gasteiger partial charge in [-0.3, -0.25) is 14.5 Å². The second-order valence-corrected chi connectivity index (χ2v) is 6.29. The minimum absolute atomic E-state index is 0.159. The summed E-state index contributed by atoms with van der Waals surface area (Å²) in [6.45, 7) is 0. The third-order valence-electron chi connectivity index (χ3n) is 4.55. The lowest BCUT2D eigenvalue weighted by Crippen LogP contribution is -2.32. The number of Topliss-reactive ketones (excluding diaryl/α,β-unsaturated/α-hetero) is 1. The van der Waals surface area contributed by atoms with Crippen molar-refractivity contribution in [2.45, 2.75) is 6.04 Å². The van der Waals surface area contributed by atoms with Crippen molar-refractivity contribution in [1.29, 1.82) is 0 Å². The molecule has 0 fully saturated rings. The van der Waals surface area contributed by atoms with Gasteiger partial charge in [-0.2, -0.15) is 0 Å². The number of hydrogen-bond donors (Lipinski definition) is 1. The number of ketones is 1. The Hall–Kier alpha value is -3.81. The molecule has 8 heteroatoms. The SMILES string of the molecule is O=C(C1=C(O)C(=O)N(c2cc(F)ccc2F)C1c1ccc(F)cc1)c1ccco1. The molecule has 0 radical (unpaired) electrons. The highest BCUT2D eigenvalue weighted by Gasteiger charge is 2.46. The number of rotatable bonds is 4. The first-order valence-corrected chi connectivity index (χ1v) is 8.44. The summed E-state index contributed by atoms with van der Waals surface area (Å²) in [4.78, 5) is 26.4. The van der Waals surface area contributed by atoms with Gasteiger partial charge in [0.1, 0.15) is 17.5 Å². The maximum atomic E-state index is 14.5. The van der Waals surface area contributed by atoms with Gasteiger partial charge in [0.15, 0.2) is 11.5 Å². The molecule has 1 aliphatic heterocycles. The molecule has 2 aromatic carbocycles. The maximum Gasteiger partial charge on any atom is 0.294 e. The molecule has 5 nitrogen and oxygen atoms in total. The molecule has 1 aromatic heterocycles. The fourth-order valence-electron chi connectivity index (χ4n) is 3.26. The van der Waals surface area contributed by atoms with Gasteiger partial charge in [-0.1, -0.05) is 12.1 Å². The number of halogens is 3.